The Morgan fingerprint density at radius 1 is 0.897 bits per heavy atom. The van der Waals surface area contributed by atoms with Crippen molar-refractivity contribution >= 4 is 39.2 Å². The molecule has 0 amide bonds. The van der Waals surface area contributed by atoms with E-state index in [1.165, 1.54) is 0 Å². The van der Waals surface area contributed by atoms with Gasteiger partial charge in [-0.3, -0.25) is 0 Å². The Bertz CT molecular complexity index is 847. The molecule has 1 aromatic carbocycles. The van der Waals surface area contributed by atoms with Gasteiger partial charge < -0.3 is 23.1 Å². The second kappa shape index (κ2) is 14.5. The van der Waals surface area contributed by atoms with Gasteiger partial charge in [0.25, 0.3) is 0 Å². The minimum absolute atomic E-state index is 0.0344. The molecule has 5 nitrogen and oxygen atoms in total. The van der Waals surface area contributed by atoms with Crippen LogP contribution in [0.25, 0.3) is 0 Å². The molecule has 0 saturated carbocycles. The van der Waals surface area contributed by atoms with Crippen molar-refractivity contribution in [2.75, 3.05) is 18.1 Å². The van der Waals surface area contributed by atoms with Gasteiger partial charge >= 0.3 is 0 Å². The average Bonchev–Trinajstić information content (AvgIpc) is 2.85. The van der Waals surface area contributed by atoms with Crippen LogP contribution in [0.5, 0.6) is 5.75 Å². The quantitative estimate of drug-likeness (QED) is 0.117. The van der Waals surface area contributed by atoms with Crippen molar-refractivity contribution < 1.29 is 23.1 Å². The SMILES string of the molecule is COc1ccc(CO[C@@H]2[C@@H](C)[C@H](CO[Si](C)(C)C(C)(C)C)O[C@H](CI)[C@H]2O[Si](C(C)C)(C(C)C)C(C)C)cc1. The molecule has 8 heteroatoms. The Labute approximate surface area is 255 Å². The van der Waals surface area contributed by atoms with E-state index >= 15 is 0 Å². The third-order valence-electron chi connectivity index (χ3n) is 9.36. The number of benzene rings is 1. The molecule has 0 aliphatic carbocycles. The van der Waals surface area contributed by atoms with Gasteiger partial charge in [0, 0.05) is 10.3 Å². The van der Waals surface area contributed by atoms with Crippen LogP contribution in [0.4, 0.5) is 0 Å². The maximum absolute atomic E-state index is 7.45. The van der Waals surface area contributed by atoms with E-state index < -0.39 is 16.6 Å². The maximum atomic E-state index is 7.45. The summed E-state index contributed by atoms with van der Waals surface area (Å²) in [7, 11) is -2.38. The predicted octanol–water partition coefficient (Wildman–Crippen LogP) is 9.00. The molecule has 1 saturated heterocycles. The molecule has 1 fully saturated rings. The molecule has 1 heterocycles. The van der Waals surface area contributed by atoms with Gasteiger partial charge in [0.1, 0.15) is 5.75 Å². The Morgan fingerprint density at radius 2 is 1.44 bits per heavy atom. The van der Waals surface area contributed by atoms with Crippen LogP contribution in [0, 0.1) is 5.92 Å². The second-order valence-corrected chi connectivity index (χ2v) is 24.9. The Hall–Kier alpha value is 0.0238. The minimum atomic E-state index is -2.16. The zero-order valence-corrected chi connectivity index (χ0v) is 31.1. The molecule has 0 radical (unpaired) electrons. The summed E-state index contributed by atoms with van der Waals surface area (Å²) < 4.78 is 34.1. The summed E-state index contributed by atoms with van der Waals surface area (Å²) >= 11 is 2.47. The Kier molecular flexibility index (Phi) is 13.1. The largest absolute Gasteiger partial charge is 0.497 e. The van der Waals surface area contributed by atoms with E-state index in [-0.39, 0.29) is 35.4 Å². The van der Waals surface area contributed by atoms with Crippen molar-refractivity contribution in [2.45, 2.75) is 135 Å². The van der Waals surface area contributed by atoms with Crippen LogP contribution in [-0.2, 0) is 24.9 Å². The lowest BCUT2D eigenvalue weighted by molar-refractivity contribution is -0.208. The molecule has 2 rings (SSSR count). The van der Waals surface area contributed by atoms with Crippen LogP contribution in [0.1, 0.15) is 74.8 Å². The van der Waals surface area contributed by atoms with Gasteiger partial charge in [-0.05, 0) is 52.5 Å². The highest BCUT2D eigenvalue weighted by Crippen LogP contribution is 2.46. The first-order valence-corrected chi connectivity index (χ1v) is 21.4. The van der Waals surface area contributed by atoms with Gasteiger partial charge in [0.05, 0.1) is 44.7 Å². The number of alkyl halides is 1. The molecule has 0 unspecified atom stereocenters. The minimum Gasteiger partial charge on any atom is -0.497 e. The molecule has 226 valence electrons. The van der Waals surface area contributed by atoms with Crippen LogP contribution < -0.4 is 4.74 Å². The number of halogens is 1. The van der Waals surface area contributed by atoms with Crippen LogP contribution in [0.3, 0.4) is 0 Å². The molecule has 1 aromatic rings. The summed E-state index contributed by atoms with van der Waals surface area (Å²) in [5, 5.41) is 0.153. The summed E-state index contributed by atoms with van der Waals surface area (Å²) in [5.74, 6) is 0.990. The third kappa shape index (κ3) is 8.32. The van der Waals surface area contributed by atoms with E-state index in [0.29, 0.717) is 29.8 Å². The molecular weight excluding hydrogens is 635 g/mol. The first kappa shape index (κ1) is 35.2. The van der Waals surface area contributed by atoms with Crippen LogP contribution >= 0.6 is 22.6 Å². The molecular formula is C31H57IO5Si2. The smallest absolute Gasteiger partial charge is 0.201 e. The monoisotopic (exact) mass is 692 g/mol. The number of ether oxygens (including phenoxy) is 3. The second-order valence-electron chi connectivity index (χ2n) is 13.8. The van der Waals surface area contributed by atoms with Gasteiger partial charge in [-0.2, -0.15) is 0 Å². The highest BCUT2D eigenvalue weighted by Gasteiger charge is 2.53. The van der Waals surface area contributed by atoms with Crippen molar-refractivity contribution in [3.63, 3.8) is 0 Å². The summed E-state index contributed by atoms with van der Waals surface area (Å²) in [5.41, 5.74) is 2.60. The van der Waals surface area contributed by atoms with E-state index in [2.05, 4.69) is 117 Å². The van der Waals surface area contributed by atoms with E-state index in [1.54, 1.807) is 7.11 Å². The first-order chi connectivity index (χ1) is 18.0. The lowest BCUT2D eigenvalue weighted by atomic mass is 9.88. The maximum Gasteiger partial charge on any atom is 0.201 e. The third-order valence-corrected chi connectivity index (χ3v) is 20.8. The fourth-order valence-electron chi connectivity index (χ4n) is 5.92. The van der Waals surface area contributed by atoms with Crippen molar-refractivity contribution in [3.05, 3.63) is 29.8 Å². The molecule has 0 aromatic heterocycles. The van der Waals surface area contributed by atoms with Crippen molar-refractivity contribution in [2.24, 2.45) is 5.92 Å². The average molecular weight is 693 g/mol. The Balaban J connectivity index is 2.42. The topological polar surface area (TPSA) is 46.2 Å². The zero-order chi connectivity index (χ0) is 29.8. The number of methoxy groups -OCH3 is 1. The van der Waals surface area contributed by atoms with Crippen LogP contribution in [0.15, 0.2) is 24.3 Å². The zero-order valence-electron chi connectivity index (χ0n) is 27.0. The summed E-state index contributed by atoms with van der Waals surface area (Å²) in [6.45, 7) is 29.0. The highest BCUT2D eigenvalue weighted by atomic mass is 127. The Morgan fingerprint density at radius 3 is 1.87 bits per heavy atom. The van der Waals surface area contributed by atoms with E-state index in [0.717, 1.165) is 15.7 Å². The summed E-state index contributed by atoms with van der Waals surface area (Å²) in [6.07, 6.45) is -0.276. The molecule has 5 atom stereocenters. The van der Waals surface area contributed by atoms with E-state index in [4.69, 9.17) is 23.1 Å². The van der Waals surface area contributed by atoms with Crippen molar-refractivity contribution in [1.29, 1.82) is 0 Å². The highest BCUT2D eigenvalue weighted by molar-refractivity contribution is 14.1. The molecule has 39 heavy (non-hydrogen) atoms. The fourth-order valence-corrected chi connectivity index (χ4v) is 13.2. The lowest BCUT2D eigenvalue weighted by Crippen LogP contribution is -2.62. The van der Waals surface area contributed by atoms with Crippen molar-refractivity contribution in [3.8, 4) is 5.75 Å². The predicted molar refractivity (Wildman–Crippen MR) is 177 cm³/mol. The molecule has 0 bridgehead atoms. The molecule has 1 aliphatic heterocycles. The van der Waals surface area contributed by atoms with Gasteiger partial charge in [-0.25, -0.2) is 0 Å². The van der Waals surface area contributed by atoms with Gasteiger partial charge in [-0.1, -0.05) is 104 Å². The number of rotatable bonds is 13. The van der Waals surface area contributed by atoms with Crippen LogP contribution in [-0.4, -0.2) is 59.2 Å². The molecule has 0 spiro atoms. The number of hydrogen-bond donors (Lipinski definition) is 0. The van der Waals surface area contributed by atoms with E-state index in [9.17, 15) is 0 Å². The molecule has 0 N–H and O–H groups in total. The molecule has 1 aliphatic rings. The summed E-state index contributed by atoms with van der Waals surface area (Å²) in [4.78, 5) is 0. The standard InChI is InChI=1S/C31H57IO5Si2/c1-21(2)39(22(3)4,23(5)6)37-30-27(18-32)36-28(20-35-38(12,13)31(8,9)10)24(7)29(30)34-19-25-14-16-26(33-11)17-15-25/h14-17,21-24,27-30H,18-20H2,1-13H3/t24-,27+,28-,29+,30+/m0/s1. The van der Waals surface area contributed by atoms with E-state index in [1.807, 2.05) is 12.1 Å². The normalized spacial score (nSPS) is 25.1. The van der Waals surface area contributed by atoms with Gasteiger partial charge in [-0.15, -0.1) is 0 Å². The summed E-state index contributed by atoms with van der Waals surface area (Å²) in [6, 6.07) is 8.17. The van der Waals surface area contributed by atoms with Crippen LogP contribution in [0.2, 0.25) is 34.8 Å². The van der Waals surface area contributed by atoms with Gasteiger partial charge in [0.2, 0.25) is 8.32 Å². The number of hydrogen-bond acceptors (Lipinski definition) is 5. The fraction of sp³-hybridized carbons (Fsp3) is 0.806. The van der Waals surface area contributed by atoms with Gasteiger partial charge in [0.15, 0.2) is 8.32 Å². The van der Waals surface area contributed by atoms with Crippen molar-refractivity contribution in [1.82, 2.24) is 0 Å². The first-order valence-electron chi connectivity index (χ1n) is 14.8. The lowest BCUT2D eigenvalue weighted by Gasteiger charge is -2.52.